The standard InChI is InChI=1S/C30H35NO6/c1-30(2,3)28-15-21-14-27(37-13-9-8-12-36-19-20-10-6-5-7-11-20)26(35-4)16-22(21)24-17-25(32)23(29(33)34)18-31(24)28/h5-7,10-11,14,16-18,28H,8-9,12-13,15,19H2,1-4H3,(H,33,34). The Bertz CT molecular complexity index is 1310. The van der Waals surface area contributed by atoms with Gasteiger partial charge in [-0.2, -0.15) is 0 Å². The van der Waals surface area contributed by atoms with Gasteiger partial charge in [0.25, 0.3) is 0 Å². The second kappa shape index (κ2) is 11.2. The van der Waals surface area contributed by atoms with Gasteiger partial charge in [-0.05, 0) is 47.9 Å². The quantitative estimate of drug-likeness (QED) is 0.354. The number of ether oxygens (including phenoxy) is 3. The zero-order valence-corrected chi connectivity index (χ0v) is 22.0. The Labute approximate surface area is 217 Å². The maximum Gasteiger partial charge on any atom is 0.341 e. The molecule has 196 valence electrons. The molecule has 0 bridgehead atoms. The molecule has 1 atom stereocenters. The molecule has 0 saturated carbocycles. The largest absolute Gasteiger partial charge is 0.493 e. The molecule has 1 aromatic heterocycles. The van der Waals surface area contributed by atoms with Crippen LogP contribution in [-0.4, -0.2) is 36.0 Å². The summed E-state index contributed by atoms with van der Waals surface area (Å²) >= 11 is 0. The van der Waals surface area contributed by atoms with Crippen LogP contribution < -0.4 is 14.9 Å². The monoisotopic (exact) mass is 505 g/mol. The van der Waals surface area contributed by atoms with Gasteiger partial charge in [-0.25, -0.2) is 4.79 Å². The summed E-state index contributed by atoms with van der Waals surface area (Å²) in [6.07, 6.45) is 3.89. The van der Waals surface area contributed by atoms with E-state index in [1.54, 1.807) is 7.11 Å². The molecule has 1 unspecified atom stereocenters. The van der Waals surface area contributed by atoms with E-state index in [1.807, 2.05) is 34.9 Å². The molecule has 0 amide bonds. The third-order valence-electron chi connectivity index (χ3n) is 6.78. The minimum absolute atomic E-state index is 0.0308. The van der Waals surface area contributed by atoms with E-state index in [9.17, 15) is 14.7 Å². The number of carboxylic acid groups (broad SMARTS) is 1. The van der Waals surface area contributed by atoms with Crippen molar-refractivity contribution >= 4 is 5.97 Å². The SMILES string of the molecule is COc1cc2c(cc1OCCCCOCc1ccccc1)CC(C(C)(C)C)n1cc(C(=O)O)c(=O)cc1-2. The lowest BCUT2D eigenvalue weighted by Gasteiger charge is -2.39. The van der Waals surface area contributed by atoms with Crippen molar-refractivity contribution in [3.8, 4) is 22.8 Å². The number of nitrogens with zero attached hydrogens (tertiary/aromatic N) is 1. The first-order chi connectivity index (χ1) is 17.7. The second-order valence-electron chi connectivity index (χ2n) is 10.5. The highest BCUT2D eigenvalue weighted by Gasteiger charge is 2.34. The second-order valence-corrected chi connectivity index (χ2v) is 10.5. The van der Waals surface area contributed by atoms with Crippen molar-refractivity contribution in [2.75, 3.05) is 20.3 Å². The van der Waals surface area contributed by atoms with Crippen LogP contribution in [0.3, 0.4) is 0 Å². The van der Waals surface area contributed by atoms with Gasteiger partial charge in [0.15, 0.2) is 16.9 Å². The summed E-state index contributed by atoms with van der Waals surface area (Å²) in [6.45, 7) is 8.15. The molecule has 7 heteroatoms. The van der Waals surface area contributed by atoms with E-state index in [-0.39, 0.29) is 17.0 Å². The summed E-state index contributed by atoms with van der Waals surface area (Å²) in [4.78, 5) is 24.2. The summed E-state index contributed by atoms with van der Waals surface area (Å²) in [5, 5.41) is 9.52. The van der Waals surface area contributed by atoms with Gasteiger partial charge in [-0.15, -0.1) is 0 Å². The Morgan fingerprint density at radius 2 is 1.78 bits per heavy atom. The van der Waals surface area contributed by atoms with Crippen LogP contribution in [0.2, 0.25) is 0 Å². The van der Waals surface area contributed by atoms with Gasteiger partial charge < -0.3 is 23.9 Å². The molecule has 37 heavy (non-hydrogen) atoms. The van der Waals surface area contributed by atoms with E-state index in [4.69, 9.17) is 14.2 Å². The van der Waals surface area contributed by atoms with E-state index in [1.165, 1.54) is 12.3 Å². The zero-order valence-electron chi connectivity index (χ0n) is 22.0. The Morgan fingerprint density at radius 3 is 2.46 bits per heavy atom. The predicted molar refractivity (Wildman–Crippen MR) is 143 cm³/mol. The molecule has 4 rings (SSSR count). The van der Waals surface area contributed by atoms with Crippen LogP contribution in [0.25, 0.3) is 11.3 Å². The van der Waals surface area contributed by atoms with E-state index in [2.05, 4.69) is 32.9 Å². The fourth-order valence-corrected chi connectivity index (χ4v) is 4.75. The predicted octanol–water partition coefficient (Wildman–Crippen LogP) is 5.74. The van der Waals surface area contributed by atoms with Crippen molar-refractivity contribution < 1.29 is 24.1 Å². The van der Waals surface area contributed by atoms with E-state index in [0.29, 0.717) is 43.4 Å². The molecule has 2 aromatic carbocycles. The number of pyridine rings is 1. The van der Waals surface area contributed by atoms with Gasteiger partial charge in [0.1, 0.15) is 5.56 Å². The number of hydrogen-bond acceptors (Lipinski definition) is 5. The molecule has 3 aromatic rings. The van der Waals surface area contributed by atoms with Gasteiger partial charge in [-0.1, -0.05) is 51.1 Å². The molecular formula is C30H35NO6. The molecule has 0 saturated heterocycles. The average molecular weight is 506 g/mol. The number of hydrogen-bond donors (Lipinski definition) is 1. The molecule has 1 aliphatic rings. The van der Waals surface area contributed by atoms with Gasteiger partial charge in [0.05, 0.1) is 26.0 Å². The molecule has 0 aliphatic carbocycles. The molecular weight excluding hydrogens is 470 g/mol. The van der Waals surface area contributed by atoms with Crippen LogP contribution in [0.5, 0.6) is 11.5 Å². The number of benzene rings is 2. The van der Waals surface area contributed by atoms with Crippen molar-refractivity contribution in [2.24, 2.45) is 5.41 Å². The van der Waals surface area contributed by atoms with Gasteiger partial charge in [0, 0.05) is 30.5 Å². The van der Waals surface area contributed by atoms with Crippen LogP contribution in [0.4, 0.5) is 0 Å². The highest BCUT2D eigenvalue weighted by molar-refractivity contribution is 5.88. The summed E-state index contributed by atoms with van der Waals surface area (Å²) in [7, 11) is 1.59. The minimum atomic E-state index is -1.22. The summed E-state index contributed by atoms with van der Waals surface area (Å²) < 4.78 is 19.4. The van der Waals surface area contributed by atoms with Crippen LogP contribution in [0.15, 0.2) is 59.5 Å². The lowest BCUT2D eigenvalue weighted by Crippen LogP contribution is -2.32. The Hall–Kier alpha value is -3.58. The maximum atomic E-state index is 12.6. The van der Waals surface area contributed by atoms with Crippen LogP contribution >= 0.6 is 0 Å². The number of fused-ring (bicyclic) bond motifs is 3. The first-order valence-corrected chi connectivity index (χ1v) is 12.6. The average Bonchev–Trinajstić information content (AvgIpc) is 2.86. The van der Waals surface area contributed by atoms with E-state index in [0.717, 1.165) is 29.5 Å². The van der Waals surface area contributed by atoms with Crippen molar-refractivity contribution in [2.45, 2.75) is 52.7 Å². The Morgan fingerprint density at radius 1 is 1.05 bits per heavy atom. The van der Waals surface area contributed by atoms with E-state index < -0.39 is 11.4 Å². The number of unbranched alkanes of at least 4 members (excludes halogenated alkanes) is 1. The first kappa shape index (κ1) is 26.5. The Balaban J connectivity index is 1.49. The number of aromatic carboxylic acids is 1. The molecule has 0 spiro atoms. The summed E-state index contributed by atoms with van der Waals surface area (Å²) in [5.41, 5.74) is 2.86. The topological polar surface area (TPSA) is 87.0 Å². The third-order valence-corrected chi connectivity index (χ3v) is 6.78. The fraction of sp³-hybridized carbons (Fsp3) is 0.400. The minimum Gasteiger partial charge on any atom is -0.493 e. The number of carbonyl (C=O) groups is 1. The van der Waals surface area contributed by atoms with Crippen LogP contribution in [0, 0.1) is 5.41 Å². The molecule has 7 nitrogen and oxygen atoms in total. The number of rotatable bonds is 10. The number of aromatic nitrogens is 1. The summed E-state index contributed by atoms with van der Waals surface area (Å²) in [6, 6.07) is 15.4. The molecule has 2 heterocycles. The van der Waals surface area contributed by atoms with Crippen molar-refractivity contribution in [1.29, 1.82) is 0 Å². The number of carboxylic acids is 1. The van der Waals surface area contributed by atoms with Gasteiger partial charge in [0.2, 0.25) is 0 Å². The van der Waals surface area contributed by atoms with Crippen LogP contribution in [-0.2, 0) is 17.8 Å². The Kier molecular flexibility index (Phi) is 8.03. The van der Waals surface area contributed by atoms with Crippen molar-refractivity contribution in [1.82, 2.24) is 4.57 Å². The molecule has 1 aliphatic heterocycles. The van der Waals surface area contributed by atoms with E-state index >= 15 is 0 Å². The fourth-order valence-electron chi connectivity index (χ4n) is 4.75. The molecule has 0 radical (unpaired) electrons. The van der Waals surface area contributed by atoms with Crippen LogP contribution in [0.1, 0.15) is 61.1 Å². The van der Waals surface area contributed by atoms with Crippen molar-refractivity contribution in [3.63, 3.8) is 0 Å². The molecule has 0 fully saturated rings. The zero-order chi connectivity index (χ0) is 26.6. The third kappa shape index (κ3) is 6.05. The normalized spacial score (nSPS) is 14.5. The highest BCUT2D eigenvalue weighted by Crippen LogP contribution is 2.45. The lowest BCUT2D eigenvalue weighted by molar-refractivity contribution is 0.0693. The molecule has 1 N–H and O–H groups in total. The highest BCUT2D eigenvalue weighted by atomic mass is 16.5. The first-order valence-electron chi connectivity index (χ1n) is 12.6. The smallest absolute Gasteiger partial charge is 0.341 e. The summed E-state index contributed by atoms with van der Waals surface area (Å²) in [5.74, 6) is 0.0252. The lowest BCUT2D eigenvalue weighted by atomic mass is 9.78. The maximum absolute atomic E-state index is 12.6. The number of methoxy groups -OCH3 is 1. The van der Waals surface area contributed by atoms with Gasteiger partial charge in [-0.3, -0.25) is 4.79 Å². The van der Waals surface area contributed by atoms with Crippen molar-refractivity contribution in [3.05, 3.63) is 81.6 Å². The van der Waals surface area contributed by atoms with Gasteiger partial charge >= 0.3 is 5.97 Å².